The molecule has 1 N–H and O–H groups in total. The predicted octanol–water partition coefficient (Wildman–Crippen LogP) is 5.60. The Morgan fingerprint density at radius 2 is 1.51 bits per heavy atom. The van der Waals surface area contributed by atoms with Gasteiger partial charge in [-0.15, -0.1) is 0 Å². The van der Waals surface area contributed by atoms with Gasteiger partial charge in [0.05, 0.1) is 73.5 Å². The van der Waals surface area contributed by atoms with E-state index in [0.29, 0.717) is 50.8 Å². The summed E-state index contributed by atoms with van der Waals surface area (Å²) in [5, 5.41) is 10.6. The van der Waals surface area contributed by atoms with Crippen LogP contribution in [0.2, 0.25) is 0 Å². The highest BCUT2D eigenvalue weighted by Gasteiger charge is 2.45. The van der Waals surface area contributed by atoms with Gasteiger partial charge in [-0.25, -0.2) is 4.79 Å². The summed E-state index contributed by atoms with van der Waals surface area (Å²) in [5.74, 6) is 0.683. The Balaban J connectivity index is 1.93. The molecule has 0 fully saturated rings. The van der Waals surface area contributed by atoms with E-state index in [1.54, 1.807) is 33.8 Å². The zero-order chi connectivity index (χ0) is 39.2. The maximum Gasteiger partial charge on any atom is 0.410 e. The van der Waals surface area contributed by atoms with E-state index in [1.165, 1.54) is 52.4 Å². The number of Topliss-reactive ketones (excluding diaryl/α,β-unsaturated/α-hetero) is 1. The molecule has 0 saturated heterocycles. The molecule has 3 aromatic rings. The quantitative estimate of drug-likeness (QED) is 0.221. The summed E-state index contributed by atoms with van der Waals surface area (Å²) in [6.07, 6.45) is -0.825. The molecule has 13 nitrogen and oxygen atoms in total. The van der Waals surface area contributed by atoms with E-state index in [9.17, 15) is 14.7 Å². The van der Waals surface area contributed by atoms with Gasteiger partial charge in [-0.3, -0.25) is 14.5 Å². The van der Waals surface area contributed by atoms with Crippen molar-refractivity contribution >= 4 is 17.8 Å². The average molecular weight is 737 g/mol. The number of rotatable bonds is 14. The summed E-state index contributed by atoms with van der Waals surface area (Å²) >= 11 is 0. The number of hydrogen-bond acceptors (Lipinski definition) is 11. The van der Waals surface area contributed by atoms with Gasteiger partial charge < -0.3 is 43.2 Å². The van der Waals surface area contributed by atoms with Crippen molar-refractivity contribution in [2.45, 2.75) is 71.9 Å². The number of benzene rings is 3. The van der Waals surface area contributed by atoms with E-state index in [1.807, 2.05) is 37.3 Å². The van der Waals surface area contributed by atoms with Crippen molar-refractivity contribution in [3.63, 3.8) is 0 Å². The lowest BCUT2D eigenvalue weighted by molar-refractivity contribution is -0.140. The lowest BCUT2D eigenvalue weighted by atomic mass is 9.86. The first kappa shape index (κ1) is 40.8. The number of likely N-dealkylation sites (N-methyl/N-ethyl adjacent to an activating group) is 1. The molecule has 1 heterocycles. The summed E-state index contributed by atoms with van der Waals surface area (Å²) in [7, 11) is 8.85. The number of amides is 2. The minimum absolute atomic E-state index is 0.0487. The molecule has 13 heteroatoms. The second-order valence-electron chi connectivity index (χ2n) is 13.8. The van der Waals surface area contributed by atoms with Gasteiger partial charge in [0, 0.05) is 30.2 Å². The highest BCUT2D eigenvalue weighted by Crippen LogP contribution is 2.50. The van der Waals surface area contributed by atoms with Gasteiger partial charge in [-0.05, 0) is 51.3 Å². The summed E-state index contributed by atoms with van der Waals surface area (Å²) < 4.78 is 40.7. The fourth-order valence-corrected chi connectivity index (χ4v) is 6.84. The SMILES string of the molecule is COc1c(C)cc(C[C@@H](C(=O)N2CC(=O)c3c(OC)c(C)c(OC)c(OC)c3[C@@H]2COCc2ccccc2)N(C)C(=O)OC(C)(C)C)c(CO)c1OC. The topological polar surface area (TPSA) is 143 Å². The molecule has 2 atom stereocenters. The van der Waals surface area contributed by atoms with Crippen LogP contribution in [0.3, 0.4) is 0 Å². The summed E-state index contributed by atoms with van der Waals surface area (Å²) in [5.41, 5.74) is 2.83. The minimum Gasteiger partial charge on any atom is -0.496 e. The number of methoxy groups -OCH3 is 5. The van der Waals surface area contributed by atoms with E-state index in [4.69, 9.17) is 33.2 Å². The minimum atomic E-state index is -1.22. The maximum atomic E-state index is 15.2. The Hall–Kier alpha value is -5.01. The number of carbonyl (C=O) groups excluding carboxylic acids is 3. The van der Waals surface area contributed by atoms with Crippen molar-refractivity contribution in [1.82, 2.24) is 9.80 Å². The molecular weight excluding hydrogens is 684 g/mol. The third kappa shape index (κ3) is 8.47. The van der Waals surface area contributed by atoms with E-state index in [0.717, 1.165) is 5.56 Å². The number of nitrogens with zero attached hydrogens (tertiary/aromatic N) is 2. The van der Waals surface area contributed by atoms with Crippen molar-refractivity contribution in [3.8, 4) is 28.7 Å². The van der Waals surface area contributed by atoms with E-state index in [2.05, 4.69) is 0 Å². The molecule has 0 aliphatic carbocycles. The zero-order valence-corrected chi connectivity index (χ0v) is 32.6. The second kappa shape index (κ2) is 17.2. The Labute approximate surface area is 311 Å². The fraction of sp³-hybridized carbons (Fsp3) is 0.475. The van der Waals surface area contributed by atoms with E-state index < -0.39 is 42.1 Å². The number of ether oxygens (including phenoxy) is 7. The van der Waals surface area contributed by atoms with E-state index in [-0.39, 0.29) is 37.5 Å². The van der Waals surface area contributed by atoms with Crippen LogP contribution in [0.1, 0.15) is 70.6 Å². The normalized spacial score (nSPS) is 14.6. The van der Waals surface area contributed by atoms with Crippen molar-refractivity contribution in [2.75, 3.05) is 55.7 Å². The molecule has 2 amide bonds. The number of carbonyl (C=O) groups is 3. The predicted molar refractivity (Wildman–Crippen MR) is 197 cm³/mol. The fourth-order valence-electron chi connectivity index (χ4n) is 6.84. The van der Waals surface area contributed by atoms with Crippen LogP contribution in [0.4, 0.5) is 4.79 Å². The lowest BCUT2D eigenvalue weighted by Gasteiger charge is -2.41. The number of ketones is 1. The molecule has 0 saturated carbocycles. The van der Waals surface area contributed by atoms with Crippen LogP contribution in [-0.4, -0.2) is 100 Å². The molecule has 1 aliphatic heterocycles. The Bertz CT molecular complexity index is 1800. The zero-order valence-electron chi connectivity index (χ0n) is 32.6. The molecule has 53 heavy (non-hydrogen) atoms. The summed E-state index contributed by atoms with van der Waals surface area (Å²) in [6.45, 7) is 8.15. The highest BCUT2D eigenvalue weighted by molar-refractivity contribution is 6.06. The largest absolute Gasteiger partial charge is 0.496 e. The molecule has 1 aliphatic rings. The molecule has 0 unspecified atom stereocenters. The van der Waals surface area contributed by atoms with Gasteiger partial charge in [-0.2, -0.15) is 0 Å². The average Bonchev–Trinajstić information content (AvgIpc) is 3.12. The van der Waals surface area contributed by atoms with E-state index >= 15 is 4.79 Å². The molecule has 0 bridgehead atoms. The van der Waals surface area contributed by atoms with Crippen LogP contribution in [-0.2, 0) is 33.9 Å². The number of aryl methyl sites for hydroxylation is 1. The van der Waals surface area contributed by atoms with Gasteiger partial charge in [0.1, 0.15) is 17.4 Å². The van der Waals surface area contributed by atoms with Crippen molar-refractivity contribution in [2.24, 2.45) is 0 Å². The number of hydrogen-bond donors (Lipinski definition) is 1. The summed E-state index contributed by atoms with van der Waals surface area (Å²) in [4.78, 5) is 45.8. The maximum absolute atomic E-state index is 15.2. The molecule has 288 valence electrons. The number of aliphatic hydroxyl groups excluding tert-OH is 1. The molecule has 0 aromatic heterocycles. The van der Waals surface area contributed by atoms with Crippen LogP contribution < -0.4 is 23.7 Å². The standard InChI is InChI=1S/C40H52N2O11/c1-23-17-26(27(20-43)36(50-10)33(23)47-7)18-28(41(6)39(46)53-40(3,4)5)38(45)42-19-30(44)32-31(29(42)22-52-21-25-15-13-12-14-16-25)37(51-11)35(49-9)24(2)34(32)48-8/h12-17,28-29,43H,18-22H2,1-11H3/t28-,29-/m0/s1. The molecule has 4 rings (SSSR count). The molecule has 0 radical (unpaired) electrons. The first-order valence-electron chi connectivity index (χ1n) is 17.2. The van der Waals surface area contributed by atoms with Crippen LogP contribution >= 0.6 is 0 Å². The lowest BCUT2D eigenvalue weighted by Crippen LogP contribution is -2.55. The molecular formula is C40H52N2O11. The van der Waals surface area contributed by atoms with Crippen LogP contribution in [0, 0.1) is 13.8 Å². The second-order valence-corrected chi connectivity index (χ2v) is 13.8. The van der Waals surface area contributed by atoms with Gasteiger partial charge in [0.2, 0.25) is 5.91 Å². The third-order valence-electron chi connectivity index (χ3n) is 9.24. The van der Waals surface area contributed by atoms with Gasteiger partial charge >= 0.3 is 6.09 Å². The smallest absolute Gasteiger partial charge is 0.410 e. The number of aliphatic hydroxyl groups is 1. The first-order valence-corrected chi connectivity index (χ1v) is 17.2. The number of fused-ring (bicyclic) bond motifs is 1. The van der Waals surface area contributed by atoms with Gasteiger partial charge in [0.15, 0.2) is 28.8 Å². The van der Waals surface area contributed by atoms with Crippen LogP contribution in [0.25, 0.3) is 0 Å². The monoisotopic (exact) mass is 736 g/mol. The van der Waals surface area contributed by atoms with Crippen molar-refractivity contribution in [1.29, 1.82) is 0 Å². The van der Waals surface area contributed by atoms with Gasteiger partial charge in [0.25, 0.3) is 0 Å². The van der Waals surface area contributed by atoms with Crippen molar-refractivity contribution in [3.05, 3.63) is 75.3 Å². The highest BCUT2D eigenvalue weighted by atomic mass is 16.6. The van der Waals surface area contributed by atoms with Crippen LogP contribution in [0.15, 0.2) is 36.4 Å². The first-order chi connectivity index (χ1) is 25.2. The Morgan fingerprint density at radius 1 is 0.906 bits per heavy atom. The summed E-state index contributed by atoms with van der Waals surface area (Å²) in [6, 6.07) is 9.22. The van der Waals surface area contributed by atoms with Gasteiger partial charge in [-0.1, -0.05) is 36.4 Å². The van der Waals surface area contributed by atoms with Crippen LogP contribution in [0.5, 0.6) is 28.7 Å². The molecule has 0 spiro atoms. The van der Waals surface area contributed by atoms with Crippen molar-refractivity contribution < 1.29 is 52.6 Å². The third-order valence-corrected chi connectivity index (χ3v) is 9.24. The Morgan fingerprint density at radius 3 is 2.06 bits per heavy atom. The molecule has 3 aromatic carbocycles. The Kier molecular flexibility index (Phi) is 13.2.